The molecule has 0 atom stereocenters. The lowest BCUT2D eigenvalue weighted by Gasteiger charge is -2.26. The second-order valence-corrected chi connectivity index (χ2v) is 11.0. The van der Waals surface area contributed by atoms with Crippen molar-refractivity contribution in [2.24, 2.45) is 0 Å². The maximum Gasteiger partial charge on any atom is 0.326 e. The summed E-state index contributed by atoms with van der Waals surface area (Å²) in [6.07, 6.45) is 1.06. The highest BCUT2D eigenvalue weighted by Crippen LogP contribution is 2.25. The molecule has 0 radical (unpaired) electrons. The van der Waals surface area contributed by atoms with Crippen LogP contribution in [-0.4, -0.2) is 58.2 Å². The predicted molar refractivity (Wildman–Crippen MR) is 146 cm³/mol. The van der Waals surface area contributed by atoms with Crippen molar-refractivity contribution in [3.8, 4) is 11.4 Å². The first-order valence-corrected chi connectivity index (χ1v) is 12.9. The summed E-state index contributed by atoms with van der Waals surface area (Å²) in [7, 11) is 0. The number of anilines is 1. The van der Waals surface area contributed by atoms with Crippen molar-refractivity contribution in [2.75, 3.05) is 31.1 Å². The molecule has 1 aromatic heterocycles. The van der Waals surface area contributed by atoms with E-state index in [1.54, 1.807) is 39.0 Å². The summed E-state index contributed by atoms with van der Waals surface area (Å²) in [5, 5.41) is 1.00. The number of rotatable bonds is 5. The molecule has 0 amide bonds. The van der Waals surface area contributed by atoms with Gasteiger partial charge in [0.1, 0.15) is 18.0 Å². The number of hydrogen-bond donors (Lipinski definition) is 0. The third kappa shape index (κ3) is 6.08. The summed E-state index contributed by atoms with van der Waals surface area (Å²) in [6, 6.07) is 13.5. The van der Waals surface area contributed by atoms with Crippen LogP contribution in [0.4, 0.5) is 5.69 Å². The number of hydrogen-bond acceptors (Lipinski definition) is 6. The fraction of sp³-hybridized carbons (Fsp3) is 0.464. The van der Waals surface area contributed by atoms with Crippen molar-refractivity contribution in [1.82, 2.24) is 14.5 Å². The van der Waals surface area contributed by atoms with Crippen LogP contribution in [0.3, 0.4) is 0 Å². The van der Waals surface area contributed by atoms with Gasteiger partial charge in [0.2, 0.25) is 0 Å². The van der Waals surface area contributed by atoms with E-state index in [2.05, 4.69) is 23.6 Å². The van der Waals surface area contributed by atoms with Gasteiger partial charge in [-0.15, -0.1) is 0 Å². The van der Waals surface area contributed by atoms with E-state index in [0.29, 0.717) is 33.4 Å². The molecule has 2 heterocycles. The Morgan fingerprint density at radius 1 is 1.08 bits per heavy atom. The second kappa shape index (κ2) is 10.6. The molecule has 7 nitrogen and oxygen atoms in total. The first-order chi connectivity index (χ1) is 17.0. The zero-order chi connectivity index (χ0) is 26.0. The van der Waals surface area contributed by atoms with Crippen molar-refractivity contribution in [3.63, 3.8) is 0 Å². The molecule has 0 aliphatic carbocycles. The van der Waals surface area contributed by atoms with Crippen molar-refractivity contribution in [1.29, 1.82) is 0 Å². The molecule has 0 N–H and O–H groups in total. The fourth-order valence-corrected chi connectivity index (χ4v) is 4.81. The summed E-state index contributed by atoms with van der Waals surface area (Å²) >= 11 is 6.23. The number of benzene rings is 2. The zero-order valence-corrected chi connectivity index (χ0v) is 22.5. The van der Waals surface area contributed by atoms with Crippen LogP contribution in [0.15, 0.2) is 47.3 Å². The molecule has 0 unspecified atom stereocenters. The van der Waals surface area contributed by atoms with E-state index in [4.69, 9.17) is 21.3 Å². The van der Waals surface area contributed by atoms with Gasteiger partial charge < -0.3 is 9.64 Å². The molecule has 0 saturated carbocycles. The molecular weight excluding hydrogens is 476 g/mol. The number of esters is 1. The molecule has 192 valence electrons. The molecule has 1 saturated heterocycles. The van der Waals surface area contributed by atoms with Crippen molar-refractivity contribution in [2.45, 2.75) is 59.2 Å². The monoisotopic (exact) mass is 510 g/mol. The maximum atomic E-state index is 13.8. The highest BCUT2D eigenvalue weighted by Gasteiger charge is 2.22. The van der Waals surface area contributed by atoms with Crippen molar-refractivity contribution < 1.29 is 9.53 Å². The van der Waals surface area contributed by atoms with Crippen LogP contribution in [0.2, 0.25) is 5.02 Å². The second-order valence-electron chi connectivity index (χ2n) is 10.6. The largest absolute Gasteiger partial charge is 0.459 e. The van der Waals surface area contributed by atoms with Gasteiger partial charge in [-0.05, 0) is 71.4 Å². The Bertz CT molecular complexity index is 1310. The summed E-state index contributed by atoms with van der Waals surface area (Å²) in [5.41, 5.74) is 1.30. The van der Waals surface area contributed by atoms with Crippen LogP contribution < -0.4 is 10.5 Å². The summed E-state index contributed by atoms with van der Waals surface area (Å²) < 4.78 is 6.92. The number of ether oxygens (including phenoxy) is 1. The van der Waals surface area contributed by atoms with Gasteiger partial charge >= 0.3 is 5.97 Å². The third-order valence-electron chi connectivity index (χ3n) is 6.35. The summed E-state index contributed by atoms with van der Waals surface area (Å²) in [4.78, 5) is 36.2. The summed E-state index contributed by atoms with van der Waals surface area (Å²) in [6.45, 7) is 13.5. The van der Waals surface area contributed by atoms with Gasteiger partial charge in [-0.2, -0.15) is 0 Å². The van der Waals surface area contributed by atoms with Crippen LogP contribution in [0, 0.1) is 0 Å². The smallest absolute Gasteiger partial charge is 0.326 e. The SMILES string of the molecule is CC(C)N1CCCN(c2ccc3nc(-c4cccc(Cl)c4)n(CC(=O)OC(C)(C)C)c(=O)c3c2)CC1. The predicted octanol–water partition coefficient (Wildman–Crippen LogP) is 4.98. The van der Waals surface area contributed by atoms with Gasteiger partial charge in [-0.25, -0.2) is 4.98 Å². The van der Waals surface area contributed by atoms with E-state index >= 15 is 0 Å². The van der Waals surface area contributed by atoms with Crippen LogP contribution >= 0.6 is 11.6 Å². The number of carbonyl (C=O) groups is 1. The van der Waals surface area contributed by atoms with Crippen LogP contribution in [-0.2, 0) is 16.1 Å². The van der Waals surface area contributed by atoms with Gasteiger partial charge in [0.05, 0.1) is 10.9 Å². The first-order valence-electron chi connectivity index (χ1n) is 12.5. The van der Waals surface area contributed by atoms with Gasteiger partial charge in [0.15, 0.2) is 0 Å². The van der Waals surface area contributed by atoms with E-state index in [9.17, 15) is 9.59 Å². The fourth-order valence-electron chi connectivity index (χ4n) is 4.62. The zero-order valence-electron chi connectivity index (χ0n) is 21.8. The molecule has 0 spiro atoms. The standard InChI is InChI=1S/C28H35ClN4O3/c1-19(2)31-12-7-13-32(15-14-31)22-10-11-24-23(17-22)27(35)33(18-25(34)36-28(3,4)5)26(30-24)20-8-6-9-21(29)16-20/h6,8-11,16-17,19H,7,12-15,18H2,1-5H3. The molecule has 4 rings (SSSR count). The Labute approximate surface area is 217 Å². The molecule has 3 aromatic rings. The number of fused-ring (bicyclic) bond motifs is 1. The van der Waals surface area contributed by atoms with Crippen LogP contribution in [0.1, 0.15) is 41.0 Å². The van der Waals surface area contributed by atoms with Gasteiger partial charge in [0.25, 0.3) is 5.56 Å². The van der Waals surface area contributed by atoms with E-state index in [1.165, 1.54) is 4.57 Å². The third-order valence-corrected chi connectivity index (χ3v) is 6.59. The molecule has 2 aromatic carbocycles. The lowest BCUT2D eigenvalue weighted by atomic mass is 10.1. The normalized spacial score (nSPS) is 15.4. The van der Waals surface area contributed by atoms with Crippen molar-refractivity contribution in [3.05, 3.63) is 57.8 Å². The Kier molecular flexibility index (Phi) is 7.71. The van der Waals surface area contributed by atoms with Crippen molar-refractivity contribution >= 4 is 34.2 Å². The molecule has 36 heavy (non-hydrogen) atoms. The Morgan fingerprint density at radius 2 is 1.86 bits per heavy atom. The number of halogens is 1. The molecule has 0 bridgehead atoms. The average Bonchev–Trinajstić information content (AvgIpc) is 3.06. The minimum absolute atomic E-state index is 0.238. The highest BCUT2D eigenvalue weighted by atomic mass is 35.5. The maximum absolute atomic E-state index is 13.8. The topological polar surface area (TPSA) is 67.7 Å². The van der Waals surface area contributed by atoms with E-state index < -0.39 is 11.6 Å². The Balaban J connectivity index is 1.78. The lowest BCUT2D eigenvalue weighted by Crippen LogP contribution is -2.35. The van der Waals surface area contributed by atoms with E-state index in [-0.39, 0.29) is 12.1 Å². The van der Waals surface area contributed by atoms with Gasteiger partial charge in [-0.1, -0.05) is 23.7 Å². The van der Waals surface area contributed by atoms with Gasteiger partial charge in [-0.3, -0.25) is 19.1 Å². The molecule has 8 heteroatoms. The molecule has 1 aliphatic heterocycles. The molecule has 1 fully saturated rings. The van der Waals surface area contributed by atoms with E-state index in [1.807, 2.05) is 24.3 Å². The highest BCUT2D eigenvalue weighted by molar-refractivity contribution is 6.30. The molecule has 1 aliphatic rings. The number of carbonyl (C=O) groups excluding carboxylic acids is 1. The number of aromatic nitrogens is 2. The van der Waals surface area contributed by atoms with E-state index in [0.717, 1.165) is 38.3 Å². The lowest BCUT2D eigenvalue weighted by molar-refractivity contribution is -0.155. The minimum atomic E-state index is -0.662. The average molecular weight is 511 g/mol. The van der Waals surface area contributed by atoms with Crippen LogP contribution in [0.25, 0.3) is 22.3 Å². The minimum Gasteiger partial charge on any atom is -0.459 e. The Morgan fingerprint density at radius 3 is 2.56 bits per heavy atom. The van der Waals surface area contributed by atoms with Gasteiger partial charge in [0, 0.05) is 48.5 Å². The summed E-state index contributed by atoms with van der Waals surface area (Å²) in [5.74, 6) is -0.109. The Hall–Kier alpha value is -2.90. The molecular formula is C28H35ClN4O3. The number of nitrogens with zero attached hydrogens (tertiary/aromatic N) is 4. The quantitative estimate of drug-likeness (QED) is 0.451. The van der Waals surface area contributed by atoms with Crippen LogP contribution in [0.5, 0.6) is 0 Å². The first kappa shape index (κ1) is 26.2.